The quantitative estimate of drug-likeness (QED) is 0.661. The van der Waals surface area contributed by atoms with E-state index in [9.17, 15) is 4.79 Å². The van der Waals surface area contributed by atoms with E-state index in [-0.39, 0.29) is 5.91 Å². The van der Waals surface area contributed by atoms with Gasteiger partial charge in [-0.3, -0.25) is 4.79 Å². The van der Waals surface area contributed by atoms with Gasteiger partial charge in [-0.05, 0) is 24.6 Å². The molecule has 0 saturated carbocycles. The number of fused-ring (bicyclic) bond motifs is 1. The molecule has 26 heavy (non-hydrogen) atoms. The number of carbonyl (C=O) groups excluding carboxylic acids is 1. The predicted molar refractivity (Wildman–Crippen MR) is 106 cm³/mol. The van der Waals surface area contributed by atoms with Crippen LogP contribution in [0.3, 0.4) is 0 Å². The van der Waals surface area contributed by atoms with Crippen molar-refractivity contribution >= 4 is 35.0 Å². The second-order valence-electron chi connectivity index (χ2n) is 6.17. The van der Waals surface area contributed by atoms with Crippen LogP contribution in [0.25, 0.3) is 0 Å². The summed E-state index contributed by atoms with van der Waals surface area (Å²) >= 11 is 8.34. The largest absolute Gasteiger partial charge is 0.306 e. The summed E-state index contributed by atoms with van der Waals surface area (Å²) in [6, 6.07) is 18.0. The van der Waals surface area contributed by atoms with Crippen molar-refractivity contribution in [3.05, 3.63) is 76.6 Å². The zero-order chi connectivity index (χ0) is 18.1. The molecule has 0 bridgehead atoms. The first-order chi connectivity index (χ1) is 12.6. The molecule has 132 valence electrons. The van der Waals surface area contributed by atoms with Crippen LogP contribution in [0.4, 0.5) is 5.69 Å². The van der Waals surface area contributed by atoms with Crippen molar-refractivity contribution in [2.45, 2.75) is 18.4 Å². The molecule has 0 unspecified atom stereocenters. The Morgan fingerprint density at radius 2 is 1.88 bits per heavy atom. The Bertz CT molecular complexity index is 955. The van der Waals surface area contributed by atoms with E-state index in [1.165, 1.54) is 0 Å². The minimum atomic E-state index is -0.0837. The van der Waals surface area contributed by atoms with E-state index in [0.717, 1.165) is 21.9 Å². The van der Waals surface area contributed by atoms with Crippen LogP contribution in [0.15, 0.2) is 59.5 Å². The third kappa shape index (κ3) is 3.13. The van der Waals surface area contributed by atoms with Crippen LogP contribution in [0.2, 0.25) is 5.15 Å². The number of halogens is 1. The predicted octanol–water partition coefficient (Wildman–Crippen LogP) is 4.65. The monoisotopic (exact) mass is 383 g/mol. The van der Waals surface area contributed by atoms with Crippen LogP contribution in [-0.4, -0.2) is 28.0 Å². The maximum Gasteiger partial charge on any atom is 0.263 e. The Labute approximate surface area is 161 Å². The highest BCUT2D eigenvalue weighted by atomic mass is 35.5. The third-order valence-electron chi connectivity index (χ3n) is 4.43. The van der Waals surface area contributed by atoms with E-state index in [1.54, 1.807) is 16.4 Å². The molecule has 4 nitrogen and oxygen atoms in total. The number of hydrogen-bond donors (Lipinski definition) is 0. The number of nitrogens with zero attached hydrogens (tertiary/aromatic N) is 3. The highest BCUT2D eigenvalue weighted by Gasteiger charge is 2.29. The Hall–Kier alpha value is -2.24. The molecule has 0 aliphatic carbocycles. The topological polar surface area (TPSA) is 38.1 Å². The first kappa shape index (κ1) is 17.2. The summed E-state index contributed by atoms with van der Waals surface area (Å²) in [5, 5.41) is 4.90. The molecule has 1 aromatic heterocycles. The average Bonchev–Trinajstić information content (AvgIpc) is 2.95. The number of thioether (sulfide) groups is 1. The van der Waals surface area contributed by atoms with Crippen molar-refractivity contribution < 1.29 is 4.79 Å². The van der Waals surface area contributed by atoms with Gasteiger partial charge in [-0.1, -0.05) is 54.1 Å². The molecule has 0 radical (unpaired) electrons. The fraction of sp³-hybridized carbons (Fsp3) is 0.200. The fourth-order valence-electron chi connectivity index (χ4n) is 3.17. The highest BCUT2D eigenvalue weighted by molar-refractivity contribution is 7.99. The molecule has 3 aromatic rings. The van der Waals surface area contributed by atoms with Gasteiger partial charge < -0.3 is 4.90 Å². The lowest BCUT2D eigenvalue weighted by atomic mass is 10.2. The minimum Gasteiger partial charge on any atom is -0.306 e. The summed E-state index contributed by atoms with van der Waals surface area (Å²) in [4.78, 5) is 16.2. The van der Waals surface area contributed by atoms with Crippen molar-refractivity contribution in [2.75, 3.05) is 17.2 Å². The fourth-order valence-corrected chi connectivity index (χ4v) is 4.48. The van der Waals surface area contributed by atoms with Crippen LogP contribution in [0.5, 0.6) is 0 Å². The number of hydrogen-bond acceptors (Lipinski definition) is 3. The summed E-state index contributed by atoms with van der Waals surface area (Å²) in [6.45, 7) is 3.05. The van der Waals surface area contributed by atoms with E-state index >= 15 is 0 Å². The van der Waals surface area contributed by atoms with E-state index in [0.29, 0.717) is 29.5 Å². The van der Waals surface area contributed by atoms with Crippen LogP contribution in [0, 0.1) is 6.92 Å². The Balaban J connectivity index is 1.67. The van der Waals surface area contributed by atoms with Gasteiger partial charge in [0, 0.05) is 17.2 Å². The lowest BCUT2D eigenvalue weighted by Gasteiger charge is -2.28. The molecule has 2 aromatic carbocycles. The molecule has 1 amide bonds. The maximum absolute atomic E-state index is 13.2. The number of rotatable bonds is 3. The highest BCUT2D eigenvalue weighted by Crippen LogP contribution is 2.36. The molecule has 0 saturated heterocycles. The summed E-state index contributed by atoms with van der Waals surface area (Å²) in [5.74, 6) is 0.789. The number of para-hydroxylation sites is 1. The van der Waals surface area contributed by atoms with Crippen LogP contribution in [-0.2, 0) is 6.54 Å². The van der Waals surface area contributed by atoms with Crippen LogP contribution < -0.4 is 4.90 Å². The number of anilines is 1. The SMILES string of the molecule is Cc1nn(Cc2ccccc2)c(Cl)c1C(=O)N1CCSc2ccccc21. The number of carbonyl (C=O) groups is 1. The standard InChI is InChI=1S/C20H18ClN3OS/c1-14-18(19(21)24(22-14)13-15-7-3-2-4-8-15)20(25)23-11-12-26-17-10-6-5-9-16(17)23/h2-10H,11-13H2,1H3. The first-order valence-electron chi connectivity index (χ1n) is 8.45. The molecule has 1 aliphatic heterocycles. The molecular formula is C20H18ClN3OS. The molecule has 4 rings (SSSR count). The molecule has 2 heterocycles. The average molecular weight is 384 g/mol. The van der Waals surface area contributed by atoms with Gasteiger partial charge in [0.05, 0.1) is 23.5 Å². The molecule has 0 fully saturated rings. The zero-order valence-electron chi connectivity index (χ0n) is 14.4. The lowest BCUT2D eigenvalue weighted by molar-refractivity contribution is 0.0987. The molecular weight excluding hydrogens is 366 g/mol. The Morgan fingerprint density at radius 1 is 1.15 bits per heavy atom. The molecule has 0 spiro atoms. The van der Waals surface area contributed by atoms with E-state index < -0.39 is 0 Å². The summed E-state index contributed by atoms with van der Waals surface area (Å²) in [6.07, 6.45) is 0. The second-order valence-corrected chi connectivity index (χ2v) is 7.66. The normalized spacial score (nSPS) is 13.5. The first-order valence-corrected chi connectivity index (χ1v) is 9.82. The summed E-state index contributed by atoms with van der Waals surface area (Å²) < 4.78 is 1.70. The van der Waals surface area contributed by atoms with Gasteiger partial charge >= 0.3 is 0 Å². The molecule has 0 N–H and O–H groups in total. The minimum absolute atomic E-state index is 0.0837. The van der Waals surface area contributed by atoms with Gasteiger partial charge in [0.25, 0.3) is 5.91 Å². The lowest BCUT2D eigenvalue weighted by Crippen LogP contribution is -2.35. The van der Waals surface area contributed by atoms with Crippen molar-refractivity contribution in [1.29, 1.82) is 0 Å². The van der Waals surface area contributed by atoms with Crippen molar-refractivity contribution in [2.24, 2.45) is 0 Å². The smallest absolute Gasteiger partial charge is 0.263 e. The third-order valence-corrected chi connectivity index (χ3v) is 5.86. The van der Waals surface area contributed by atoms with Crippen molar-refractivity contribution in [3.63, 3.8) is 0 Å². The van der Waals surface area contributed by atoms with Gasteiger partial charge in [0.15, 0.2) is 0 Å². The van der Waals surface area contributed by atoms with Crippen molar-refractivity contribution in [3.8, 4) is 0 Å². The molecule has 6 heteroatoms. The number of amides is 1. The summed E-state index contributed by atoms with van der Waals surface area (Å²) in [7, 11) is 0. The maximum atomic E-state index is 13.2. The van der Waals surface area contributed by atoms with Gasteiger partial charge in [-0.15, -0.1) is 11.8 Å². The Morgan fingerprint density at radius 3 is 2.69 bits per heavy atom. The Kier molecular flexibility index (Phi) is 4.74. The second kappa shape index (κ2) is 7.17. The number of benzene rings is 2. The van der Waals surface area contributed by atoms with E-state index in [2.05, 4.69) is 5.10 Å². The van der Waals surface area contributed by atoms with E-state index in [4.69, 9.17) is 11.6 Å². The molecule has 0 atom stereocenters. The van der Waals surface area contributed by atoms with Gasteiger partial charge in [0.1, 0.15) is 5.15 Å². The van der Waals surface area contributed by atoms with Crippen LogP contribution in [0.1, 0.15) is 21.6 Å². The zero-order valence-corrected chi connectivity index (χ0v) is 15.9. The summed E-state index contributed by atoms with van der Waals surface area (Å²) in [5.41, 5.74) is 3.19. The number of aromatic nitrogens is 2. The number of aryl methyl sites for hydroxylation is 1. The molecule has 1 aliphatic rings. The van der Waals surface area contributed by atoms with Crippen molar-refractivity contribution in [1.82, 2.24) is 9.78 Å². The van der Waals surface area contributed by atoms with Gasteiger partial charge in [-0.2, -0.15) is 5.10 Å². The van der Waals surface area contributed by atoms with Gasteiger partial charge in [0.2, 0.25) is 0 Å². The van der Waals surface area contributed by atoms with Crippen LogP contribution >= 0.6 is 23.4 Å². The van der Waals surface area contributed by atoms with Gasteiger partial charge in [-0.25, -0.2) is 4.68 Å². The van der Waals surface area contributed by atoms with E-state index in [1.807, 2.05) is 66.4 Å².